The van der Waals surface area contributed by atoms with E-state index in [1.807, 2.05) is 0 Å². The Kier molecular flexibility index (Phi) is 3.94. The van der Waals surface area contributed by atoms with Crippen LogP contribution < -0.4 is 16.2 Å². The summed E-state index contributed by atoms with van der Waals surface area (Å²) >= 11 is 0. The SMILES string of the molecule is Nc1cc(NC2CCS(=O)(=O)CC2)cc(S(N)(=O)=O)c1. The van der Waals surface area contributed by atoms with Crippen LogP contribution in [0.2, 0.25) is 0 Å². The Balaban J connectivity index is 2.16. The van der Waals surface area contributed by atoms with Gasteiger partial charge in [-0.3, -0.25) is 0 Å². The molecule has 9 heteroatoms. The number of sulfone groups is 1. The molecule has 0 amide bonds. The maximum absolute atomic E-state index is 11.3. The molecule has 1 aromatic rings. The van der Waals surface area contributed by atoms with Gasteiger partial charge in [-0.25, -0.2) is 22.0 Å². The highest BCUT2D eigenvalue weighted by Gasteiger charge is 2.23. The molecule has 0 aliphatic carbocycles. The molecule has 1 aliphatic rings. The number of anilines is 2. The smallest absolute Gasteiger partial charge is 0.238 e. The number of hydrogen-bond donors (Lipinski definition) is 3. The van der Waals surface area contributed by atoms with Crippen LogP contribution in [0.15, 0.2) is 23.1 Å². The van der Waals surface area contributed by atoms with Gasteiger partial charge in [0, 0.05) is 17.4 Å². The minimum absolute atomic E-state index is 0.0198. The standard InChI is InChI=1S/C11H17N3O4S2/c12-8-5-10(7-11(6-8)20(13,17)18)14-9-1-3-19(15,16)4-2-9/h5-7,9,14H,1-4,12H2,(H2,13,17,18). The Morgan fingerprint density at radius 3 is 2.30 bits per heavy atom. The van der Waals surface area contributed by atoms with E-state index in [2.05, 4.69) is 5.32 Å². The molecule has 7 nitrogen and oxygen atoms in total. The molecule has 20 heavy (non-hydrogen) atoms. The average Bonchev–Trinajstić information content (AvgIpc) is 2.30. The summed E-state index contributed by atoms with van der Waals surface area (Å²) in [5.74, 6) is 0.268. The summed E-state index contributed by atoms with van der Waals surface area (Å²) in [5.41, 5.74) is 6.45. The molecule has 0 unspecified atom stereocenters. The molecule has 0 bridgehead atoms. The van der Waals surface area contributed by atoms with E-state index in [0.29, 0.717) is 18.5 Å². The minimum Gasteiger partial charge on any atom is -0.399 e. The van der Waals surface area contributed by atoms with E-state index in [4.69, 9.17) is 10.9 Å². The fourth-order valence-corrected chi connectivity index (χ4v) is 4.22. The van der Waals surface area contributed by atoms with E-state index in [-0.39, 0.29) is 28.1 Å². The highest BCUT2D eigenvalue weighted by atomic mass is 32.2. The van der Waals surface area contributed by atoms with Crippen molar-refractivity contribution >= 4 is 31.2 Å². The number of primary sulfonamides is 1. The van der Waals surface area contributed by atoms with Crippen molar-refractivity contribution < 1.29 is 16.8 Å². The first-order valence-electron chi connectivity index (χ1n) is 6.06. The number of nitrogens with one attached hydrogen (secondary N) is 1. The van der Waals surface area contributed by atoms with Crippen molar-refractivity contribution in [1.29, 1.82) is 0 Å². The number of benzene rings is 1. The number of sulfonamides is 1. The van der Waals surface area contributed by atoms with Crippen molar-refractivity contribution in [3.63, 3.8) is 0 Å². The van der Waals surface area contributed by atoms with Crippen LogP contribution in [0.4, 0.5) is 11.4 Å². The number of nitrogens with two attached hydrogens (primary N) is 2. The highest BCUT2D eigenvalue weighted by molar-refractivity contribution is 7.91. The van der Waals surface area contributed by atoms with Crippen LogP contribution in [0.1, 0.15) is 12.8 Å². The number of hydrogen-bond acceptors (Lipinski definition) is 6. The summed E-state index contributed by atoms with van der Waals surface area (Å²) in [6.07, 6.45) is 0.976. The Labute approximate surface area is 118 Å². The third-order valence-corrected chi connectivity index (χ3v) is 5.79. The molecular weight excluding hydrogens is 302 g/mol. The van der Waals surface area contributed by atoms with Gasteiger partial charge in [-0.05, 0) is 31.0 Å². The second kappa shape index (κ2) is 5.23. The maximum Gasteiger partial charge on any atom is 0.238 e. The van der Waals surface area contributed by atoms with Gasteiger partial charge >= 0.3 is 0 Å². The molecule has 1 aromatic carbocycles. The topological polar surface area (TPSA) is 132 Å². The summed E-state index contributed by atoms with van der Waals surface area (Å²) in [5, 5.41) is 8.18. The van der Waals surface area contributed by atoms with Gasteiger partial charge in [-0.15, -0.1) is 0 Å². The molecule has 5 N–H and O–H groups in total. The molecule has 0 aromatic heterocycles. The molecule has 0 spiro atoms. The monoisotopic (exact) mass is 319 g/mol. The lowest BCUT2D eigenvalue weighted by Gasteiger charge is -2.24. The first kappa shape index (κ1) is 15.1. The van der Waals surface area contributed by atoms with E-state index in [9.17, 15) is 16.8 Å². The van der Waals surface area contributed by atoms with Crippen LogP contribution in [0.25, 0.3) is 0 Å². The van der Waals surface area contributed by atoms with Crippen LogP contribution in [-0.4, -0.2) is 34.4 Å². The summed E-state index contributed by atoms with van der Waals surface area (Å²) in [6.45, 7) is 0. The maximum atomic E-state index is 11.3. The molecular formula is C11H17N3O4S2. The van der Waals surface area contributed by atoms with Crippen LogP contribution in [0.5, 0.6) is 0 Å². The second-order valence-electron chi connectivity index (χ2n) is 4.91. The van der Waals surface area contributed by atoms with E-state index >= 15 is 0 Å². The number of rotatable bonds is 3. The van der Waals surface area contributed by atoms with Gasteiger partial charge in [0.2, 0.25) is 10.0 Å². The van der Waals surface area contributed by atoms with Crippen molar-refractivity contribution in [3.05, 3.63) is 18.2 Å². The fourth-order valence-electron chi connectivity index (χ4n) is 2.14. The third-order valence-electron chi connectivity index (χ3n) is 3.18. The Bertz CT molecular complexity index is 699. The third kappa shape index (κ3) is 3.84. The summed E-state index contributed by atoms with van der Waals surface area (Å²) < 4.78 is 45.3. The van der Waals surface area contributed by atoms with E-state index < -0.39 is 19.9 Å². The predicted molar refractivity (Wildman–Crippen MR) is 77.5 cm³/mol. The largest absolute Gasteiger partial charge is 0.399 e. The van der Waals surface area contributed by atoms with E-state index in [1.165, 1.54) is 12.1 Å². The van der Waals surface area contributed by atoms with Crippen molar-refractivity contribution in [2.75, 3.05) is 22.6 Å². The number of nitrogen functional groups attached to an aromatic ring is 1. The quantitative estimate of drug-likeness (QED) is 0.667. The lowest BCUT2D eigenvalue weighted by molar-refractivity contribution is 0.559. The predicted octanol–water partition coefficient (Wildman–Crippen LogP) is -0.0947. The van der Waals surface area contributed by atoms with Crippen LogP contribution >= 0.6 is 0 Å². The van der Waals surface area contributed by atoms with Crippen molar-refractivity contribution in [1.82, 2.24) is 0 Å². The second-order valence-corrected chi connectivity index (χ2v) is 8.77. The van der Waals surface area contributed by atoms with Gasteiger partial charge in [0.25, 0.3) is 0 Å². The van der Waals surface area contributed by atoms with Gasteiger partial charge in [0.05, 0.1) is 16.4 Å². The molecule has 112 valence electrons. The minimum atomic E-state index is -3.82. The zero-order valence-electron chi connectivity index (χ0n) is 10.7. The van der Waals surface area contributed by atoms with E-state index in [0.717, 1.165) is 0 Å². The van der Waals surface area contributed by atoms with Crippen molar-refractivity contribution in [2.24, 2.45) is 5.14 Å². The molecule has 0 radical (unpaired) electrons. The highest BCUT2D eigenvalue weighted by Crippen LogP contribution is 2.23. The van der Waals surface area contributed by atoms with Crippen molar-refractivity contribution in [3.8, 4) is 0 Å². The lowest BCUT2D eigenvalue weighted by Crippen LogP contribution is -2.32. The summed E-state index contributed by atoms with van der Waals surface area (Å²) in [4.78, 5) is -0.0663. The first-order valence-corrected chi connectivity index (χ1v) is 9.43. The summed E-state index contributed by atoms with van der Waals surface area (Å²) in [6, 6.07) is 4.26. The van der Waals surface area contributed by atoms with Gasteiger partial charge in [-0.1, -0.05) is 0 Å². The van der Waals surface area contributed by atoms with Gasteiger partial charge in [0.1, 0.15) is 9.84 Å². The van der Waals surface area contributed by atoms with Gasteiger partial charge < -0.3 is 11.1 Å². The Hall–Kier alpha value is -1.32. The molecule has 0 atom stereocenters. The van der Waals surface area contributed by atoms with Crippen molar-refractivity contribution in [2.45, 2.75) is 23.8 Å². The molecule has 2 rings (SSSR count). The Morgan fingerprint density at radius 1 is 1.15 bits per heavy atom. The molecule has 1 heterocycles. The van der Waals surface area contributed by atoms with Crippen LogP contribution in [0.3, 0.4) is 0 Å². The first-order chi connectivity index (χ1) is 9.16. The molecule has 1 fully saturated rings. The van der Waals surface area contributed by atoms with Gasteiger partial charge in [0.15, 0.2) is 0 Å². The normalized spacial score (nSPS) is 19.6. The van der Waals surface area contributed by atoms with E-state index in [1.54, 1.807) is 6.07 Å². The zero-order valence-corrected chi connectivity index (χ0v) is 12.4. The molecule has 0 saturated carbocycles. The Morgan fingerprint density at radius 2 is 1.75 bits per heavy atom. The average molecular weight is 319 g/mol. The summed E-state index contributed by atoms with van der Waals surface area (Å²) in [7, 11) is -6.75. The van der Waals surface area contributed by atoms with Gasteiger partial charge in [-0.2, -0.15) is 0 Å². The fraction of sp³-hybridized carbons (Fsp3) is 0.455. The lowest BCUT2D eigenvalue weighted by atomic mass is 10.1. The van der Waals surface area contributed by atoms with Crippen LogP contribution in [0, 0.1) is 0 Å². The molecule has 1 aliphatic heterocycles. The molecule has 1 saturated heterocycles. The van der Waals surface area contributed by atoms with Crippen LogP contribution in [-0.2, 0) is 19.9 Å². The zero-order chi connectivity index (χ0) is 15.0.